The third-order valence-electron chi connectivity index (χ3n) is 19.6. The molecule has 0 aliphatic rings. The fraction of sp³-hybridized carbons (Fsp3) is 0.961. The minimum Gasteiger partial charge on any atom is -0.394 e. The summed E-state index contributed by atoms with van der Waals surface area (Å²) in [6.07, 6.45) is 58.7. The van der Waals surface area contributed by atoms with E-state index in [1.54, 1.807) is 0 Å². The number of aliphatic hydroxyl groups is 6. The first-order chi connectivity index (χ1) is 45.6. The van der Waals surface area contributed by atoms with Crippen LogP contribution in [0, 0.1) is 0 Å². The zero-order valence-electron chi connectivity index (χ0n) is 62.5. The first-order valence-corrected chi connectivity index (χ1v) is 41.9. The molecule has 0 fully saturated rings. The fourth-order valence-electron chi connectivity index (χ4n) is 12.7. The number of aliphatic hydroxyl groups excluding tert-OH is 6. The number of carbonyl (C=O) groups is 3. The Morgan fingerprint density at radius 3 is 0.670 bits per heavy atom. The van der Waals surface area contributed by atoms with Crippen LogP contribution in [-0.2, 0) is 27.7 Å². The standard InChI is InChI=1S/C77H156N4O12Si/c1-7-11-15-19-23-27-31-34-37-40-44-48-52-57-72(88)78-75(63-82,64-83)69-91-94(62-56-61-81(5,6)60-55-51-47-43-30-26-22-18-14-10-4,92-70-76(65-84,66-85)79-73(89)58-53-49-45-41-38-35-32-28-24-20-16-12-8-2)93-71-77(67-86,68-87)80-74(90)59-54-50-46-42-39-36-33-29-25-21-17-13-9-3/h82-87H,7-71H2,1-6H3,(H2-,78,79,80,88,89,90)/p+1. The highest BCUT2D eigenvalue weighted by atomic mass is 28.4. The van der Waals surface area contributed by atoms with E-state index in [0.29, 0.717) is 36.7 Å². The van der Waals surface area contributed by atoms with Gasteiger partial charge in [-0.05, 0) is 32.1 Å². The van der Waals surface area contributed by atoms with Gasteiger partial charge >= 0.3 is 8.80 Å². The zero-order chi connectivity index (χ0) is 69.4. The predicted molar refractivity (Wildman–Crippen MR) is 393 cm³/mol. The number of quaternary nitrogens is 1. The highest BCUT2D eigenvalue weighted by molar-refractivity contribution is 6.60. The van der Waals surface area contributed by atoms with E-state index in [9.17, 15) is 45.0 Å². The topological polar surface area (TPSA) is 236 Å². The Morgan fingerprint density at radius 1 is 0.287 bits per heavy atom. The number of unbranched alkanes of at least 4 members (excludes halogenated alkanes) is 45. The van der Waals surface area contributed by atoms with Gasteiger partial charge in [0.15, 0.2) is 0 Å². The van der Waals surface area contributed by atoms with Crippen LogP contribution in [-0.4, -0.2) is 165 Å². The van der Waals surface area contributed by atoms with Gasteiger partial charge < -0.3 is 64.4 Å². The van der Waals surface area contributed by atoms with Crippen molar-refractivity contribution in [1.29, 1.82) is 0 Å². The van der Waals surface area contributed by atoms with Crippen LogP contribution in [0.15, 0.2) is 0 Å². The lowest BCUT2D eigenvalue weighted by Gasteiger charge is -2.41. The Morgan fingerprint density at radius 2 is 0.468 bits per heavy atom. The molecule has 9 N–H and O–H groups in total. The number of hydrogen-bond acceptors (Lipinski definition) is 12. The number of hydrogen-bond donors (Lipinski definition) is 9. The predicted octanol–water partition coefficient (Wildman–Crippen LogP) is 16.3. The quantitative estimate of drug-likeness (QED) is 0.0157. The highest BCUT2D eigenvalue weighted by Crippen LogP contribution is 2.27. The number of rotatable bonds is 75. The summed E-state index contributed by atoms with van der Waals surface area (Å²) in [6.45, 7) is 4.98. The Labute approximate surface area is 579 Å². The highest BCUT2D eigenvalue weighted by Gasteiger charge is 2.49. The first kappa shape index (κ1) is 92.2. The van der Waals surface area contributed by atoms with Crippen LogP contribution in [0.4, 0.5) is 0 Å². The lowest BCUT2D eigenvalue weighted by atomic mass is 10.0. The average molecular weight is 1360 g/mol. The summed E-state index contributed by atoms with van der Waals surface area (Å²) in [7, 11) is 0.00677. The molecule has 0 aromatic rings. The van der Waals surface area contributed by atoms with Gasteiger partial charge in [-0.3, -0.25) is 14.4 Å². The SMILES string of the molecule is CCCCCCCCCCCCCCCC(=O)NC(CO)(CO)CO[Si](CCC[N+](C)(C)CCCCCCCCCCCC)(OCC(CO)(CO)NC(=O)CCCCCCCCCCCCCCC)OCC(CO)(CO)NC(=O)CCCCCCCCCCCCCCC. The second-order valence-electron chi connectivity index (χ2n) is 29.6. The van der Waals surface area contributed by atoms with Crippen molar-refractivity contribution in [3.63, 3.8) is 0 Å². The smallest absolute Gasteiger partial charge is 0.394 e. The monoisotopic (exact) mass is 1360 g/mol. The van der Waals surface area contributed by atoms with E-state index in [1.807, 2.05) is 0 Å². The summed E-state index contributed by atoms with van der Waals surface area (Å²) < 4.78 is 21.3. The van der Waals surface area contributed by atoms with Crippen LogP contribution < -0.4 is 16.0 Å². The Bertz CT molecular complexity index is 1530. The van der Waals surface area contributed by atoms with Crippen molar-refractivity contribution in [3.05, 3.63) is 0 Å². The molecule has 0 aliphatic heterocycles. The Kier molecular flexibility index (Phi) is 62.2. The van der Waals surface area contributed by atoms with Gasteiger partial charge in [-0.25, -0.2) is 0 Å². The minimum atomic E-state index is -4.35. The average Bonchev–Trinajstić information content (AvgIpc) is 0.839. The summed E-state index contributed by atoms with van der Waals surface area (Å²) in [4.78, 5) is 41.3. The third-order valence-corrected chi connectivity index (χ3v) is 22.3. The van der Waals surface area contributed by atoms with Crippen molar-refractivity contribution in [2.24, 2.45) is 0 Å². The van der Waals surface area contributed by atoms with Crippen molar-refractivity contribution in [2.45, 2.75) is 391 Å². The maximum absolute atomic E-state index is 13.8. The molecule has 0 spiro atoms. The summed E-state index contributed by atoms with van der Waals surface area (Å²) >= 11 is 0. The van der Waals surface area contributed by atoms with E-state index < -0.39 is 84.9 Å². The second-order valence-corrected chi connectivity index (χ2v) is 32.4. The molecule has 560 valence electrons. The fourth-order valence-corrected chi connectivity index (χ4v) is 15.5. The lowest BCUT2D eigenvalue weighted by Crippen LogP contribution is -2.64. The maximum atomic E-state index is 13.8. The van der Waals surface area contributed by atoms with Gasteiger partial charge in [-0.2, -0.15) is 0 Å². The van der Waals surface area contributed by atoms with Crippen molar-refractivity contribution in [2.75, 3.05) is 86.6 Å². The molecule has 16 nitrogen and oxygen atoms in total. The molecule has 0 atom stereocenters. The Balaban J connectivity index is 6.68. The van der Waals surface area contributed by atoms with Crippen molar-refractivity contribution in [1.82, 2.24) is 16.0 Å². The van der Waals surface area contributed by atoms with E-state index in [2.05, 4.69) is 57.7 Å². The zero-order valence-corrected chi connectivity index (χ0v) is 63.5. The van der Waals surface area contributed by atoms with Crippen LogP contribution >= 0.6 is 0 Å². The Hall–Kier alpha value is -1.77. The van der Waals surface area contributed by atoms with Crippen LogP contribution in [0.2, 0.25) is 6.04 Å². The van der Waals surface area contributed by atoms with Crippen molar-refractivity contribution >= 4 is 26.5 Å². The number of carbonyl (C=O) groups excluding carboxylic acids is 3. The summed E-state index contributed by atoms with van der Waals surface area (Å²) in [5, 5.41) is 75.2. The van der Waals surface area contributed by atoms with Gasteiger partial charge in [-0.1, -0.05) is 310 Å². The molecule has 94 heavy (non-hydrogen) atoms. The molecule has 0 aromatic carbocycles. The lowest BCUT2D eigenvalue weighted by molar-refractivity contribution is -0.890. The van der Waals surface area contributed by atoms with Crippen LogP contribution in [0.3, 0.4) is 0 Å². The van der Waals surface area contributed by atoms with Gasteiger partial charge in [0.2, 0.25) is 17.7 Å². The number of amides is 3. The van der Waals surface area contributed by atoms with E-state index in [0.717, 1.165) is 77.2 Å². The molecule has 0 heterocycles. The largest absolute Gasteiger partial charge is 0.501 e. The summed E-state index contributed by atoms with van der Waals surface area (Å²) in [6, 6.07) is 0.117. The van der Waals surface area contributed by atoms with E-state index in [4.69, 9.17) is 13.3 Å². The van der Waals surface area contributed by atoms with Gasteiger partial charge in [-0.15, -0.1) is 0 Å². The number of nitrogens with zero attached hydrogens (tertiary/aromatic N) is 1. The summed E-state index contributed by atoms with van der Waals surface area (Å²) in [5.41, 5.74) is -5.07. The molecule has 0 radical (unpaired) electrons. The third kappa shape index (κ3) is 51.4. The normalized spacial score (nSPS) is 12.5. The first-order valence-electron chi connectivity index (χ1n) is 39.9. The summed E-state index contributed by atoms with van der Waals surface area (Å²) in [5.74, 6) is -1.07. The van der Waals surface area contributed by atoms with Crippen LogP contribution in [0.5, 0.6) is 0 Å². The molecule has 17 heteroatoms. The van der Waals surface area contributed by atoms with Crippen LogP contribution in [0.1, 0.15) is 368 Å². The van der Waals surface area contributed by atoms with Crippen molar-refractivity contribution in [3.8, 4) is 0 Å². The molecular weight excluding hydrogens is 1200 g/mol. The van der Waals surface area contributed by atoms with Crippen LogP contribution in [0.25, 0.3) is 0 Å². The molecular formula is C77H157N4O12Si+. The molecule has 0 saturated carbocycles. The van der Waals surface area contributed by atoms with E-state index in [-0.39, 0.29) is 43.0 Å². The van der Waals surface area contributed by atoms with Gasteiger partial charge in [0.05, 0.1) is 86.6 Å². The molecule has 0 unspecified atom stereocenters. The number of nitrogens with one attached hydrogen (secondary N) is 3. The van der Waals surface area contributed by atoms with E-state index >= 15 is 0 Å². The maximum Gasteiger partial charge on any atom is 0.501 e. The van der Waals surface area contributed by atoms with Gasteiger partial charge in [0.1, 0.15) is 16.6 Å². The van der Waals surface area contributed by atoms with Gasteiger partial charge in [0, 0.05) is 31.7 Å². The van der Waals surface area contributed by atoms with E-state index in [1.165, 1.54) is 225 Å². The molecule has 3 amide bonds. The minimum absolute atomic E-state index is 0.117. The molecule has 0 aliphatic carbocycles. The van der Waals surface area contributed by atoms with Gasteiger partial charge in [0.25, 0.3) is 0 Å². The molecule has 0 saturated heterocycles. The molecule has 0 aromatic heterocycles. The second kappa shape index (κ2) is 63.4. The molecule has 0 rings (SSSR count). The van der Waals surface area contributed by atoms with Crippen molar-refractivity contribution < 1.29 is 62.8 Å². The molecule has 0 bridgehead atoms.